The van der Waals surface area contributed by atoms with Crippen LogP contribution in [0.2, 0.25) is 0 Å². The van der Waals surface area contributed by atoms with Gasteiger partial charge < -0.3 is 20.7 Å². The average molecular weight is 387 g/mol. The number of nitrogens with zero attached hydrogens (tertiary/aromatic N) is 2. The van der Waals surface area contributed by atoms with Crippen LogP contribution in [0, 0.1) is 5.41 Å². The monoisotopic (exact) mass is 386 g/mol. The van der Waals surface area contributed by atoms with Gasteiger partial charge in [-0.1, -0.05) is 6.92 Å². The van der Waals surface area contributed by atoms with Gasteiger partial charge in [-0.25, -0.2) is 0 Å². The van der Waals surface area contributed by atoms with E-state index in [-0.39, 0.29) is 6.10 Å². The largest absolute Gasteiger partial charge is 0.390 e. The van der Waals surface area contributed by atoms with E-state index >= 15 is 0 Å². The van der Waals surface area contributed by atoms with Crippen molar-refractivity contribution in [1.29, 1.82) is 5.41 Å². The fraction of sp³-hybridized carbons (Fsp3) is 0.636. The van der Waals surface area contributed by atoms with Gasteiger partial charge in [0.05, 0.1) is 11.8 Å². The summed E-state index contributed by atoms with van der Waals surface area (Å²) in [6.07, 6.45) is 7.48. The summed E-state index contributed by atoms with van der Waals surface area (Å²) in [5.74, 6) is 0. The van der Waals surface area contributed by atoms with E-state index in [1.165, 1.54) is 6.21 Å². The third-order valence-corrected chi connectivity index (χ3v) is 6.52. The number of benzene rings is 1. The van der Waals surface area contributed by atoms with Crippen molar-refractivity contribution in [3.8, 4) is 0 Å². The Bertz CT molecular complexity index is 707. The zero-order valence-electron chi connectivity index (χ0n) is 17.4. The Morgan fingerprint density at radius 3 is 2.43 bits per heavy atom. The molecule has 0 unspecified atom stereocenters. The molecule has 1 aliphatic carbocycles. The molecule has 1 aliphatic heterocycles. The number of nitrogens with one attached hydrogen (secondary N) is 2. The van der Waals surface area contributed by atoms with Gasteiger partial charge in [0.1, 0.15) is 6.29 Å². The summed E-state index contributed by atoms with van der Waals surface area (Å²) in [5, 5.41) is 20.8. The highest BCUT2D eigenvalue weighted by Crippen LogP contribution is 2.38. The highest BCUT2D eigenvalue weighted by atomic mass is 16.3. The van der Waals surface area contributed by atoms with Crippen molar-refractivity contribution in [2.75, 3.05) is 36.9 Å². The zero-order chi connectivity index (χ0) is 20.3. The number of hydrogen-bond acceptors (Lipinski definition) is 6. The predicted molar refractivity (Wildman–Crippen MR) is 115 cm³/mol. The molecule has 3 rings (SSSR count). The van der Waals surface area contributed by atoms with Crippen LogP contribution in [0.5, 0.6) is 0 Å². The molecule has 2 fully saturated rings. The highest BCUT2D eigenvalue weighted by Gasteiger charge is 2.35. The van der Waals surface area contributed by atoms with E-state index in [9.17, 15) is 9.90 Å². The standard InChI is InChI=1S/C22H34N4O2/c1-4-19-15(14-27)10-21(24-3)20(11-23)22(19)26(5-2)17-8-6-16(7-9-17)25-12-18(28)13-25/h10-11,14,16-18,23-24,28H,4-9,12-13H2,1-3H3. The number of aliphatic hydroxyl groups is 1. The molecule has 0 amide bonds. The number of anilines is 2. The van der Waals surface area contributed by atoms with Crippen molar-refractivity contribution in [1.82, 2.24) is 4.90 Å². The van der Waals surface area contributed by atoms with Crippen LogP contribution >= 0.6 is 0 Å². The van der Waals surface area contributed by atoms with Gasteiger partial charge in [-0.05, 0) is 50.7 Å². The lowest BCUT2D eigenvalue weighted by atomic mass is 9.86. The number of aldehydes is 1. The van der Waals surface area contributed by atoms with Gasteiger partial charge in [0.2, 0.25) is 0 Å². The minimum Gasteiger partial charge on any atom is -0.390 e. The summed E-state index contributed by atoms with van der Waals surface area (Å²) in [6, 6.07) is 2.87. The smallest absolute Gasteiger partial charge is 0.150 e. The minimum atomic E-state index is -0.141. The van der Waals surface area contributed by atoms with Crippen molar-refractivity contribution in [2.24, 2.45) is 0 Å². The minimum absolute atomic E-state index is 0.141. The number of β-amino-alcohol motifs (C(OH)–C–C–N with tert-alkyl or cyclic N) is 1. The molecule has 28 heavy (non-hydrogen) atoms. The Morgan fingerprint density at radius 1 is 1.29 bits per heavy atom. The van der Waals surface area contributed by atoms with E-state index < -0.39 is 0 Å². The average Bonchev–Trinajstić information content (AvgIpc) is 2.71. The zero-order valence-corrected chi connectivity index (χ0v) is 17.4. The Kier molecular flexibility index (Phi) is 6.73. The molecule has 2 aliphatic rings. The molecule has 1 aromatic carbocycles. The first-order valence-electron chi connectivity index (χ1n) is 10.6. The van der Waals surface area contributed by atoms with Gasteiger partial charge in [-0.15, -0.1) is 0 Å². The van der Waals surface area contributed by atoms with Crippen LogP contribution in [0.25, 0.3) is 0 Å². The third-order valence-electron chi connectivity index (χ3n) is 6.52. The van der Waals surface area contributed by atoms with Crippen LogP contribution in [0.3, 0.4) is 0 Å². The van der Waals surface area contributed by atoms with Crippen LogP contribution in [-0.4, -0.2) is 67.4 Å². The topological polar surface area (TPSA) is 79.7 Å². The molecular formula is C22H34N4O2. The van der Waals surface area contributed by atoms with Gasteiger partial charge in [0.25, 0.3) is 0 Å². The van der Waals surface area contributed by atoms with E-state index in [1.807, 2.05) is 13.1 Å². The number of aliphatic hydroxyl groups excluding tert-OH is 1. The maximum Gasteiger partial charge on any atom is 0.150 e. The first-order chi connectivity index (χ1) is 13.6. The maximum atomic E-state index is 11.7. The second kappa shape index (κ2) is 9.05. The predicted octanol–water partition coefficient (Wildman–Crippen LogP) is 2.91. The normalized spacial score (nSPS) is 23.1. The van der Waals surface area contributed by atoms with Crippen molar-refractivity contribution >= 4 is 23.9 Å². The lowest BCUT2D eigenvalue weighted by Gasteiger charge is -2.46. The van der Waals surface area contributed by atoms with Gasteiger partial charge >= 0.3 is 0 Å². The number of carbonyl (C=O) groups excluding carboxylic acids is 1. The number of hydrogen-bond donors (Lipinski definition) is 3. The van der Waals surface area contributed by atoms with Crippen LogP contribution < -0.4 is 10.2 Å². The summed E-state index contributed by atoms with van der Waals surface area (Å²) in [6.45, 7) is 6.74. The first-order valence-corrected chi connectivity index (χ1v) is 10.6. The molecule has 6 nitrogen and oxygen atoms in total. The molecule has 0 radical (unpaired) electrons. The van der Waals surface area contributed by atoms with Crippen LogP contribution in [0.1, 0.15) is 61.0 Å². The van der Waals surface area contributed by atoms with Crippen molar-refractivity contribution in [3.05, 3.63) is 22.8 Å². The first kappa shape index (κ1) is 20.8. The van der Waals surface area contributed by atoms with Crippen molar-refractivity contribution in [3.63, 3.8) is 0 Å². The van der Waals surface area contributed by atoms with Gasteiger partial charge in [0, 0.05) is 61.8 Å². The third kappa shape index (κ3) is 3.80. The summed E-state index contributed by atoms with van der Waals surface area (Å²) < 4.78 is 0. The molecule has 0 spiro atoms. The molecule has 1 saturated heterocycles. The van der Waals surface area contributed by atoms with Crippen LogP contribution in [0.15, 0.2) is 6.07 Å². The van der Waals surface area contributed by atoms with E-state index in [1.54, 1.807) is 0 Å². The van der Waals surface area contributed by atoms with Gasteiger partial charge in [-0.2, -0.15) is 0 Å². The molecule has 0 bridgehead atoms. The lowest BCUT2D eigenvalue weighted by molar-refractivity contribution is -0.0342. The molecule has 154 valence electrons. The number of rotatable bonds is 8. The number of carbonyl (C=O) groups is 1. The maximum absolute atomic E-state index is 11.7. The van der Waals surface area contributed by atoms with E-state index in [4.69, 9.17) is 5.41 Å². The molecule has 1 saturated carbocycles. The molecule has 3 N–H and O–H groups in total. The van der Waals surface area contributed by atoms with E-state index in [2.05, 4.69) is 29.0 Å². The summed E-state index contributed by atoms with van der Waals surface area (Å²) in [4.78, 5) is 16.6. The Balaban J connectivity index is 1.89. The molecule has 0 atom stereocenters. The molecule has 1 aromatic rings. The fourth-order valence-electron chi connectivity index (χ4n) is 5.02. The second-order valence-electron chi connectivity index (χ2n) is 7.98. The second-order valence-corrected chi connectivity index (χ2v) is 7.98. The molecular weight excluding hydrogens is 352 g/mol. The van der Waals surface area contributed by atoms with Crippen molar-refractivity contribution < 1.29 is 9.90 Å². The number of likely N-dealkylation sites (tertiary alicyclic amines) is 1. The Labute approximate surface area is 168 Å². The quantitative estimate of drug-likeness (QED) is 0.473. The van der Waals surface area contributed by atoms with Gasteiger partial charge in [0.15, 0.2) is 0 Å². The Morgan fingerprint density at radius 2 is 1.96 bits per heavy atom. The van der Waals surface area contributed by atoms with Crippen LogP contribution in [-0.2, 0) is 6.42 Å². The molecule has 0 aromatic heterocycles. The van der Waals surface area contributed by atoms with E-state index in [0.29, 0.717) is 17.6 Å². The Hall–Kier alpha value is -1.92. The SMILES string of the molecule is CCc1c(C=O)cc(NC)c(C=N)c1N(CC)C1CCC(N2CC(O)C2)CC1. The summed E-state index contributed by atoms with van der Waals surface area (Å²) in [5.41, 5.74) is 4.53. The molecule has 1 heterocycles. The molecule has 6 heteroatoms. The van der Waals surface area contributed by atoms with Crippen molar-refractivity contribution in [2.45, 2.75) is 64.1 Å². The van der Waals surface area contributed by atoms with E-state index in [0.717, 1.165) is 80.5 Å². The summed E-state index contributed by atoms with van der Waals surface area (Å²) in [7, 11) is 1.84. The fourth-order valence-corrected chi connectivity index (χ4v) is 5.02. The highest BCUT2D eigenvalue weighted by molar-refractivity contribution is 5.99. The summed E-state index contributed by atoms with van der Waals surface area (Å²) >= 11 is 0. The van der Waals surface area contributed by atoms with Crippen LogP contribution in [0.4, 0.5) is 11.4 Å². The van der Waals surface area contributed by atoms with Gasteiger partial charge in [-0.3, -0.25) is 9.69 Å². The lowest BCUT2D eigenvalue weighted by Crippen LogP contribution is -2.57.